The summed E-state index contributed by atoms with van der Waals surface area (Å²) in [6.07, 6.45) is 2.98. The lowest BCUT2D eigenvalue weighted by molar-refractivity contribution is -0.134. The highest BCUT2D eigenvalue weighted by Crippen LogP contribution is 2.27. The second-order valence-corrected chi connectivity index (χ2v) is 5.76. The molecule has 0 saturated carbocycles. The van der Waals surface area contributed by atoms with Crippen molar-refractivity contribution in [1.29, 1.82) is 0 Å². The molecule has 2 aliphatic heterocycles. The van der Waals surface area contributed by atoms with Crippen molar-refractivity contribution in [3.05, 3.63) is 23.6 Å². The van der Waals surface area contributed by atoms with E-state index in [9.17, 15) is 14.4 Å². The van der Waals surface area contributed by atoms with Crippen molar-refractivity contribution in [3.63, 3.8) is 0 Å². The molecule has 0 aromatic rings. The highest BCUT2D eigenvalue weighted by molar-refractivity contribution is 6.28. The predicted molar refractivity (Wildman–Crippen MR) is 74.9 cm³/mol. The normalized spacial score (nSPS) is 24.0. The number of imide groups is 2. The summed E-state index contributed by atoms with van der Waals surface area (Å²) in [5, 5.41) is 0. The van der Waals surface area contributed by atoms with Crippen molar-refractivity contribution in [1.82, 2.24) is 14.7 Å². The topological polar surface area (TPSA) is 70.2 Å². The first-order valence-corrected chi connectivity index (χ1v) is 6.55. The number of carbonyl (C=O) groups is 3. The van der Waals surface area contributed by atoms with E-state index < -0.39 is 17.8 Å². The minimum absolute atomic E-state index is 0.0613. The first-order valence-electron chi connectivity index (χ1n) is 6.55. The Bertz CT molecular complexity index is 551. The Kier molecular flexibility index (Phi) is 3.52. The number of rotatable bonds is 1. The Morgan fingerprint density at radius 3 is 1.95 bits per heavy atom. The molecule has 2 rings (SSSR count). The molecule has 0 spiro atoms. The molecule has 0 unspecified atom stereocenters. The van der Waals surface area contributed by atoms with E-state index in [4.69, 9.17) is 4.74 Å². The molecule has 2 fully saturated rings. The number of amides is 4. The highest BCUT2D eigenvalue weighted by atomic mass is 16.5. The van der Waals surface area contributed by atoms with Crippen LogP contribution in [0.25, 0.3) is 0 Å². The average molecular weight is 293 g/mol. The van der Waals surface area contributed by atoms with Crippen molar-refractivity contribution < 1.29 is 19.1 Å². The third kappa shape index (κ3) is 2.39. The van der Waals surface area contributed by atoms with Crippen LogP contribution in [0.15, 0.2) is 23.6 Å². The van der Waals surface area contributed by atoms with Gasteiger partial charge in [-0.25, -0.2) is 4.79 Å². The van der Waals surface area contributed by atoms with Crippen LogP contribution >= 0.6 is 0 Å². The summed E-state index contributed by atoms with van der Waals surface area (Å²) in [7, 11) is 4.56. The van der Waals surface area contributed by atoms with E-state index >= 15 is 0 Å². The van der Waals surface area contributed by atoms with Crippen LogP contribution in [0, 0.1) is 0 Å². The number of ether oxygens (including phenoxy) is 1. The molecular weight excluding hydrogens is 274 g/mol. The summed E-state index contributed by atoms with van der Waals surface area (Å²) in [6.45, 7) is 4.58. The molecule has 2 saturated heterocycles. The van der Waals surface area contributed by atoms with Crippen molar-refractivity contribution in [2.75, 3.05) is 27.7 Å². The van der Waals surface area contributed by atoms with Gasteiger partial charge in [-0.05, 0) is 26.0 Å². The summed E-state index contributed by atoms with van der Waals surface area (Å²) >= 11 is 0. The SMILES string of the molecule is CN1C(=O)C(=C/C=C2\OCC(C)(C)N2C)C(=O)N(C)C1=O. The van der Waals surface area contributed by atoms with Gasteiger partial charge < -0.3 is 9.64 Å². The van der Waals surface area contributed by atoms with Crippen molar-refractivity contribution in [2.45, 2.75) is 19.4 Å². The maximum atomic E-state index is 12.0. The van der Waals surface area contributed by atoms with Crippen molar-refractivity contribution >= 4 is 17.8 Å². The third-order valence-corrected chi connectivity index (χ3v) is 3.85. The molecule has 0 radical (unpaired) electrons. The Balaban J connectivity index is 2.31. The minimum atomic E-state index is -0.634. The van der Waals surface area contributed by atoms with Gasteiger partial charge in [0, 0.05) is 21.1 Å². The van der Waals surface area contributed by atoms with Crippen molar-refractivity contribution in [2.24, 2.45) is 0 Å². The van der Waals surface area contributed by atoms with Gasteiger partial charge in [-0.3, -0.25) is 19.4 Å². The molecule has 2 heterocycles. The Morgan fingerprint density at radius 1 is 1.00 bits per heavy atom. The monoisotopic (exact) mass is 293 g/mol. The van der Waals surface area contributed by atoms with E-state index in [1.807, 2.05) is 25.8 Å². The number of allylic oxidation sites excluding steroid dienone is 2. The van der Waals surface area contributed by atoms with Gasteiger partial charge >= 0.3 is 6.03 Å². The molecule has 7 heteroatoms. The lowest BCUT2D eigenvalue weighted by Crippen LogP contribution is -2.53. The van der Waals surface area contributed by atoms with E-state index in [1.165, 1.54) is 20.2 Å². The van der Waals surface area contributed by atoms with Gasteiger partial charge in [0.2, 0.25) is 0 Å². The first kappa shape index (κ1) is 15.1. The lowest BCUT2D eigenvalue weighted by Gasteiger charge is -2.28. The smallest absolute Gasteiger partial charge is 0.333 e. The van der Waals surface area contributed by atoms with Crippen LogP contribution in [0.4, 0.5) is 4.79 Å². The molecule has 0 N–H and O–H groups in total. The van der Waals surface area contributed by atoms with Crippen LogP contribution in [0.3, 0.4) is 0 Å². The van der Waals surface area contributed by atoms with Gasteiger partial charge in [0.1, 0.15) is 12.2 Å². The highest BCUT2D eigenvalue weighted by Gasteiger charge is 2.38. The molecule has 21 heavy (non-hydrogen) atoms. The lowest BCUT2D eigenvalue weighted by atomic mass is 10.1. The maximum absolute atomic E-state index is 12.0. The molecule has 0 bridgehead atoms. The van der Waals surface area contributed by atoms with E-state index in [-0.39, 0.29) is 11.1 Å². The molecule has 0 aliphatic carbocycles. The van der Waals surface area contributed by atoms with Crippen LogP contribution in [0.2, 0.25) is 0 Å². The second-order valence-electron chi connectivity index (χ2n) is 5.76. The molecular formula is C14H19N3O4. The quantitative estimate of drug-likeness (QED) is 0.521. The maximum Gasteiger partial charge on any atom is 0.333 e. The summed E-state index contributed by atoms with van der Waals surface area (Å²) < 4.78 is 5.54. The Labute approximate surface area is 123 Å². The number of nitrogens with zero attached hydrogens (tertiary/aromatic N) is 3. The van der Waals surface area contributed by atoms with Gasteiger partial charge in [-0.15, -0.1) is 0 Å². The fraction of sp³-hybridized carbons (Fsp3) is 0.500. The fourth-order valence-electron chi connectivity index (χ4n) is 2.05. The third-order valence-electron chi connectivity index (χ3n) is 3.85. The van der Waals surface area contributed by atoms with E-state index in [0.717, 1.165) is 9.80 Å². The van der Waals surface area contributed by atoms with Crippen LogP contribution in [0.1, 0.15) is 13.8 Å². The summed E-state index contributed by atoms with van der Waals surface area (Å²) in [5.41, 5.74) is -0.206. The van der Waals surface area contributed by atoms with Gasteiger partial charge in [-0.2, -0.15) is 0 Å². The van der Waals surface area contributed by atoms with Crippen molar-refractivity contribution in [3.8, 4) is 0 Å². The zero-order valence-electron chi connectivity index (χ0n) is 12.8. The van der Waals surface area contributed by atoms with Gasteiger partial charge in [-0.1, -0.05) is 0 Å². The summed E-state index contributed by atoms with van der Waals surface area (Å²) in [6, 6.07) is -0.634. The van der Waals surface area contributed by atoms with E-state index in [0.29, 0.717) is 12.5 Å². The van der Waals surface area contributed by atoms with E-state index in [2.05, 4.69) is 0 Å². The number of likely N-dealkylation sites (N-methyl/N-ethyl adjacent to an activating group) is 3. The molecule has 4 amide bonds. The van der Waals surface area contributed by atoms with Gasteiger partial charge in [0.25, 0.3) is 11.8 Å². The molecule has 0 aromatic carbocycles. The zero-order valence-corrected chi connectivity index (χ0v) is 12.8. The zero-order chi connectivity index (χ0) is 15.9. The predicted octanol–water partition coefficient (Wildman–Crippen LogP) is 0.545. The number of hydrogen-bond donors (Lipinski definition) is 0. The molecule has 2 aliphatic rings. The van der Waals surface area contributed by atoms with Crippen LogP contribution in [0.5, 0.6) is 0 Å². The molecule has 7 nitrogen and oxygen atoms in total. The fourth-order valence-corrected chi connectivity index (χ4v) is 2.05. The van der Waals surface area contributed by atoms with Crippen LogP contribution in [-0.4, -0.2) is 65.8 Å². The number of barbiturate groups is 1. The number of carbonyl (C=O) groups excluding carboxylic acids is 3. The summed E-state index contributed by atoms with van der Waals surface area (Å²) in [5.74, 6) is -0.643. The van der Waals surface area contributed by atoms with Crippen LogP contribution in [-0.2, 0) is 14.3 Å². The summed E-state index contributed by atoms with van der Waals surface area (Å²) in [4.78, 5) is 39.4. The molecule has 0 aromatic heterocycles. The van der Waals surface area contributed by atoms with E-state index in [1.54, 1.807) is 6.08 Å². The van der Waals surface area contributed by atoms with Crippen LogP contribution < -0.4 is 0 Å². The molecule has 114 valence electrons. The second kappa shape index (κ2) is 4.91. The van der Waals surface area contributed by atoms with Gasteiger partial charge in [0.05, 0.1) is 5.54 Å². The largest absolute Gasteiger partial charge is 0.477 e. The Hall–Kier alpha value is -2.31. The molecule has 0 atom stereocenters. The standard InChI is InChI=1S/C14H19N3O4/c1-14(2)8-21-10(17(14)5)7-6-9-11(18)15(3)13(20)16(4)12(9)19/h6-7H,8H2,1-5H3/b10-7-. The first-order chi connectivity index (χ1) is 9.66. The minimum Gasteiger partial charge on any atom is -0.477 e. The Morgan fingerprint density at radius 2 is 1.52 bits per heavy atom. The number of urea groups is 1. The average Bonchev–Trinajstić information content (AvgIpc) is 2.69. The van der Waals surface area contributed by atoms with Gasteiger partial charge in [0.15, 0.2) is 5.88 Å². The number of hydrogen-bond acceptors (Lipinski definition) is 5.